The summed E-state index contributed by atoms with van der Waals surface area (Å²) in [7, 11) is 1.67. The molecule has 0 aliphatic carbocycles. The van der Waals surface area contributed by atoms with Crippen LogP contribution in [0.2, 0.25) is 0 Å². The zero-order chi connectivity index (χ0) is 21.5. The van der Waals surface area contributed by atoms with E-state index in [9.17, 15) is 4.79 Å². The Morgan fingerprint density at radius 2 is 2.13 bits per heavy atom. The Labute approximate surface area is 182 Å². The molecule has 0 N–H and O–H groups in total. The van der Waals surface area contributed by atoms with Gasteiger partial charge in [0.15, 0.2) is 5.82 Å². The van der Waals surface area contributed by atoms with Crippen molar-refractivity contribution in [1.82, 2.24) is 20.0 Å². The van der Waals surface area contributed by atoms with Crippen LogP contribution in [0.15, 0.2) is 53.3 Å². The minimum Gasteiger partial charge on any atom is -0.496 e. The first-order chi connectivity index (χ1) is 15.2. The highest BCUT2D eigenvalue weighted by atomic mass is 16.5. The second-order valence-electron chi connectivity index (χ2n) is 7.96. The number of nitrogens with zero attached hydrogens (tertiary/aromatic N) is 4. The van der Waals surface area contributed by atoms with Gasteiger partial charge in [-0.3, -0.25) is 9.78 Å². The van der Waals surface area contributed by atoms with E-state index in [1.165, 1.54) is 0 Å². The first kappa shape index (κ1) is 21.0. The SMILES string of the molecule is COc1ccccc1CCC(=O)N1CCCC(CCc2noc(-c3cccnc3)n2)C1. The number of carbonyl (C=O) groups is 1. The first-order valence-corrected chi connectivity index (χ1v) is 10.9. The summed E-state index contributed by atoms with van der Waals surface area (Å²) in [6.45, 7) is 1.65. The molecule has 1 aromatic carbocycles. The Kier molecular flexibility index (Phi) is 6.92. The third-order valence-corrected chi connectivity index (χ3v) is 5.83. The monoisotopic (exact) mass is 420 g/mol. The molecule has 1 amide bonds. The Hall–Kier alpha value is -3.22. The topological polar surface area (TPSA) is 81.4 Å². The van der Waals surface area contributed by atoms with Gasteiger partial charge in [-0.05, 0) is 55.4 Å². The molecule has 4 rings (SSSR count). The number of piperidine rings is 1. The molecule has 1 saturated heterocycles. The largest absolute Gasteiger partial charge is 0.496 e. The Balaban J connectivity index is 1.27. The van der Waals surface area contributed by atoms with Gasteiger partial charge in [0.25, 0.3) is 5.89 Å². The van der Waals surface area contributed by atoms with Crippen molar-refractivity contribution >= 4 is 5.91 Å². The molecule has 0 radical (unpaired) electrons. The van der Waals surface area contributed by atoms with Crippen molar-refractivity contribution < 1.29 is 14.1 Å². The van der Waals surface area contributed by atoms with Crippen LogP contribution in [-0.2, 0) is 17.6 Å². The van der Waals surface area contributed by atoms with Crippen molar-refractivity contribution in [1.29, 1.82) is 0 Å². The van der Waals surface area contributed by atoms with Gasteiger partial charge in [-0.1, -0.05) is 23.4 Å². The van der Waals surface area contributed by atoms with Crippen molar-refractivity contribution in [2.24, 2.45) is 5.92 Å². The Morgan fingerprint density at radius 1 is 1.23 bits per heavy atom. The van der Waals surface area contributed by atoms with Gasteiger partial charge >= 0.3 is 0 Å². The minimum atomic E-state index is 0.217. The van der Waals surface area contributed by atoms with Gasteiger partial charge in [0, 0.05) is 38.3 Å². The summed E-state index contributed by atoms with van der Waals surface area (Å²) in [5.74, 6) is 2.73. The molecule has 1 unspecified atom stereocenters. The van der Waals surface area contributed by atoms with Crippen LogP contribution in [0.25, 0.3) is 11.5 Å². The van der Waals surface area contributed by atoms with Gasteiger partial charge in [-0.25, -0.2) is 0 Å². The second kappa shape index (κ2) is 10.2. The van der Waals surface area contributed by atoms with E-state index in [1.54, 1.807) is 19.5 Å². The fourth-order valence-electron chi connectivity index (χ4n) is 4.13. The lowest BCUT2D eigenvalue weighted by atomic mass is 9.93. The maximum absolute atomic E-state index is 12.8. The maximum atomic E-state index is 12.8. The van der Waals surface area contributed by atoms with Crippen molar-refractivity contribution in [2.75, 3.05) is 20.2 Å². The molecule has 0 bridgehead atoms. The molecule has 1 aliphatic heterocycles. The summed E-state index contributed by atoms with van der Waals surface area (Å²) in [5.41, 5.74) is 1.90. The van der Waals surface area contributed by atoms with Crippen molar-refractivity contribution in [2.45, 2.75) is 38.5 Å². The molecule has 7 nitrogen and oxygen atoms in total. The molecule has 31 heavy (non-hydrogen) atoms. The summed E-state index contributed by atoms with van der Waals surface area (Å²) in [6.07, 6.45) is 8.50. The fraction of sp³-hybridized carbons (Fsp3) is 0.417. The Bertz CT molecular complexity index is 989. The third kappa shape index (κ3) is 5.48. The van der Waals surface area contributed by atoms with Gasteiger partial charge in [0.05, 0.1) is 12.7 Å². The van der Waals surface area contributed by atoms with E-state index in [-0.39, 0.29) is 5.91 Å². The summed E-state index contributed by atoms with van der Waals surface area (Å²) >= 11 is 0. The second-order valence-corrected chi connectivity index (χ2v) is 7.96. The van der Waals surface area contributed by atoms with Gasteiger partial charge in [-0.15, -0.1) is 0 Å². The number of ether oxygens (including phenoxy) is 1. The highest BCUT2D eigenvalue weighted by Crippen LogP contribution is 2.24. The third-order valence-electron chi connectivity index (χ3n) is 5.83. The molecule has 1 atom stereocenters. The summed E-state index contributed by atoms with van der Waals surface area (Å²) < 4.78 is 10.8. The number of aromatic nitrogens is 3. The minimum absolute atomic E-state index is 0.217. The van der Waals surface area contributed by atoms with E-state index in [0.717, 1.165) is 55.6 Å². The van der Waals surface area contributed by atoms with Crippen LogP contribution in [0.3, 0.4) is 0 Å². The highest BCUT2D eigenvalue weighted by Gasteiger charge is 2.24. The van der Waals surface area contributed by atoms with Crippen LogP contribution in [0.5, 0.6) is 5.75 Å². The summed E-state index contributed by atoms with van der Waals surface area (Å²) in [6, 6.07) is 11.6. The lowest BCUT2D eigenvalue weighted by Gasteiger charge is -2.33. The number of para-hydroxylation sites is 1. The quantitative estimate of drug-likeness (QED) is 0.549. The zero-order valence-electron chi connectivity index (χ0n) is 17.9. The van der Waals surface area contributed by atoms with Crippen LogP contribution < -0.4 is 4.74 Å². The number of amides is 1. The van der Waals surface area contributed by atoms with Crippen LogP contribution in [0, 0.1) is 5.92 Å². The maximum Gasteiger partial charge on any atom is 0.259 e. The first-order valence-electron chi connectivity index (χ1n) is 10.9. The number of pyridine rings is 1. The molecule has 3 aromatic rings. The van der Waals surface area contributed by atoms with Crippen LogP contribution in [0.4, 0.5) is 0 Å². The van der Waals surface area contributed by atoms with Crippen LogP contribution in [-0.4, -0.2) is 46.1 Å². The number of aryl methyl sites for hydroxylation is 2. The fourth-order valence-corrected chi connectivity index (χ4v) is 4.13. The lowest BCUT2D eigenvalue weighted by Crippen LogP contribution is -2.40. The van der Waals surface area contributed by atoms with Gasteiger partial charge < -0.3 is 14.2 Å². The smallest absolute Gasteiger partial charge is 0.259 e. The molecule has 1 aliphatic rings. The van der Waals surface area contributed by atoms with E-state index < -0.39 is 0 Å². The molecule has 1 fully saturated rings. The number of methoxy groups -OCH3 is 1. The predicted molar refractivity (Wildman–Crippen MR) is 116 cm³/mol. The van der Waals surface area contributed by atoms with Gasteiger partial charge in [-0.2, -0.15) is 4.98 Å². The standard InChI is InChI=1S/C24H28N4O3/c1-30-21-9-3-2-7-19(21)11-13-23(29)28-15-5-6-18(17-28)10-12-22-26-24(31-27-22)20-8-4-14-25-16-20/h2-4,7-9,14,16,18H,5-6,10-13,15,17H2,1H3. The number of rotatable bonds is 8. The molecule has 3 heterocycles. The number of benzene rings is 1. The average Bonchev–Trinajstić information content (AvgIpc) is 3.31. The lowest BCUT2D eigenvalue weighted by molar-refractivity contribution is -0.133. The normalized spacial score (nSPS) is 16.3. The van der Waals surface area contributed by atoms with Gasteiger partial charge in [0.1, 0.15) is 5.75 Å². The summed E-state index contributed by atoms with van der Waals surface area (Å²) in [4.78, 5) is 23.4. The predicted octanol–water partition coefficient (Wildman–Crippen LogP) is 3.94. The molecule has 162 valence electrons. The van der Waals surface area contributed by atoms with E-state index in [0.29, 0.717) is 30.5 Å². The number of carbonyl (C=O) groups excluding carboxylic acids is 1. The zero-order valence-corrected chi connectivity index (χ0v) is 17.9. The van der Waals surface area contributed by atoms with E-state index >= 15 is 0 Å². The molecule has 0 spiro atoms. The van der Waals surface area contributed by atoms with E-state index in [4.69, 9.17) is 9.26 Å². The molecular weight excluding hydrogens is 392 g/mol. The summed E-state index contributed by atoms with van der Waals surface area (Å²) in [5, 5.41) is 4.10. The molecular formula is C24H28N4O3. The van der Waals surface area contributed by atoms with Crippen LogP contribution >= 0.6 is 0 Å². The van der Waals surface area contributed by atoms with E-state index in [2.05, 4.69) is 15.1 Å². The number of hydrogen-bond acceptors (Lipinski definition) is 6. The molecule has 2 aromatic heterocycles. The van der Waals surface area contributed by atoms with Crippen LogP contribution in [0.1, 0.15) is 37.1 Å². The number of hydrogen-bond donors (Lipinski definition) is 0. The average molecular weight is 421 g/mol. The van der Waals surface area contributed by atoms with Crippen molar-refractivity contribution in [3.05, 3.63) is 60.2 Å². The highest BCUT2D eigenvalue weighted by molar-refractivity contribution is 5.76. The van der Waals surface area contributed by atoms with Crippen molar-refractivity contribution in [3.63, 3.8) is 0 Å². The Morgan fingerprint density at radius 3 is 2.97 bits per heavy atom. The molecule has 7 heteroatoms. The number of likely N-dealkylation sites (tertiary alicyclic amines) is 1. The molecule has 0 saturated carbocycles. The van der Waals surface area contributed by atoms with E-state index in [1.807, 2.05) is 41.3 Å². The van der Waals surface area contributed by atoms with Gasteiger partial charge in [0.2, 0.25) is 5.91 Å². The van der Waals surface area contributed by atoms with Crippen molar-refractivity contribution in [3.8, 4) is 17.2 Å².